The molecule has 0 saturated carbocycles. The summed E-state index contributed by atoms with van der Waals surface area (Å²) in [5.41, 5.74) is 5.20. The van der Waals surface area contributed by atoms with E-state index in [4.69, 9.17) is 10.5 Å². The van der Waals surface area contributed by atoms with Gasteiger partial charge in [-0.05, 0) is 12.5 Å². The lowest BCUT2D eigenvalue weighted by molar-refractivity contribution is -0.144. The Bertz CT molecular complexity index is 392. The van der Waals surface area contributed by atoms with Gasteiger partial charge in [-0.2, -0.15) is 0 Å². The van der Waals surface area contributed by atoms with Gasteiger partial charge in [0.2, 0.25) is 0 Å². The molecule has 0 aliphatic rings. The number of methoxy groups -OCH3 is 1. The summed E-state index contributed by atoms with van der Waals surface area (Å²) in [4.78, 5) is 11.4. The summed E-state index contributed by atoms with van der Waals surface area (Å²) in [5, 5.41) is 9.35. The summed E-state index contributed by atoms with van der Waals surface area (Å²) in [6.07, 6.45) is 2.07. The molecule has 0 saturated heterocycles. The van der Waals surface area contributed by atoms with Crippen molar-refractivity contribution in [2.24, 2.45) is 5.73 Å². The molecule has 0 aliphatic heterocycles. The Balaban J connectivity index is 3.17. The number of carboxylic acid groups (broad SMARTS) is 1. The minimum Gasteiger partial charge on any atom is -0.496 e. The Kier molecular flexibility index (Phi) is 4.52. The van der Waals surface area contributed by atoms with Crippen molar-refractivity contribution in [2.45, 2.75) is 31.7 Å². The molecule has 1 atom stereocenters. The number of hydrogen-bond acceptors (Lipinski definition) is 3. The molecule has 1 unspecified atom stereocenters. The number of benzene rings is 1. The average molecular weight is 237 g/mol. The van der Waals surface area contributed by atoms with Crippen LogP contribution in [0.3, 0.4) is 0 Å². The van der Waals surface area contributed by atoms with Crippen LogP contribution in [0.4, 0.5) is 0 Å². The number of ether oxygens (including phenoxy) is 1. The summed E-state index contributed by atoms with van der Waals surface area (Å²) >= 11 is 0. The van der Waals surface area contributed by atoms with Crippen molar-refractivity contribution >= 4 is 5.97 Å². The number of rotatable bonds is 6. The van der Waals surface area contributed by atoms with Crippen molar-refractivity contribution in [3.05, 3.63) is 29.8 Å². The van der Waals surface area contributed by atoms with Crippen LogP contribution in [0, 0.1) is 0 Å². The van der Waals surface area contributed by atoms with E-state index in [-0.39, 0.29) is 0 Å². The van der Waals surface area contributed by atoms with Crippen LogP contribution >= 0.6 is 0 Å². The molecular weight excluding hydrogens is 218 g/mol. The van der Waals surface area contributed by atoms with Gasteiger partial charge in [-0.25, -0.2) is 4.79 Å². The molecule has 0 heterocycles. The Hall–Kier alpha value is -1.55. The van der Waals surface area contributed by atoms with Crippen LogP contribution in [0.25, 0.3) is 0 Å². The SMILES string of the molecule is CCCCC(N)(C(=O)O)c1ccccc1OC. The maximum Gasteiger partial charge on any atom is 0.328 e. The molecule has 94 valence electrons. The van der Waals surface area contributed by atoms with Crippen LogP contribution in [0.15, 0.2) is 24.3 Å². The highest BCUT2D eigenvalue weighted by Gasteiger charge is 2.37. The van der Waals surface area contributed by atoms with E-state index in [0.717, 1.165) is 12.8 Å². The number of aliphatic carboxylic acids is 1. The van der Waals surface area contributed by atoms with E-state index in [1.54, 1.807) is 24.3 Å². The zero-order valence-corrected chi connectivity index (χ0v) is 10.3. The highest BCUT2D eigenvalue weighted by Crippen LogP contribution is 2.32. The first-order valence-electron chi connectivity index (χ1n) is 5.72. The first-order chi connectivity index (χ1) is 8.06. The molecule has 17 heavy (non-hydrogen) atoms. The fourth-order valence-corrected chi connectivity index (χ4v) is 1.83. The van der Waals surface area contributed by atoms with E-state index in [9.17, 15) is 9.90 Å². The maximum absolute atomic E-state index is 11.4. The molecule has 1 aromatic carbocycles. The van der Waals surface area contributed by atoms with Crippen molar-refractivity contribution < 1.29 is 14.6 Å². The van der Waals surface area contributed by atoms with Gasteiger partial charge >= 0.3 is 5.97 Å². The third-order valence-corrected chi connectivity index (χ3v) is 2.89. The summed E-state index contributed by atoms with van der Waals surface area (Å²) in [7, 11) is 1.51. The fraction of sp³-hybridized carbons (Fsp3) is 0.462. The van der Waals surface area contributed by atoms with E-state index in [1.165, 1.54) is 7.11 Å². The molecule has 1 rings (SSSR count). The molecular formula is C13H19NO3. The van der Waals surface area contributed by atoms with Crippen molar-refractivity contribution in [3.63, 3.8) is 0 Å². The van der Waals surface area contributed by atoms with Crippen molar-refractivity contribution in [1.82, 2.24) is 0 Å². The van der Waals surface area contributed by atoms with Crippen molar-refractivity contribution in [2.75, 3.05) is 7.11 Å². The molecule has 0 amide bonds. The van der Waals surface area contributed by atoms with E-state index in [0.29, 0.717) is 17.7 Å². The number of unbranched alkanes of at least 4 members (excludes halogenated alkanes) is 1. The largest absolute Gasteiger partial charge is 0.496 e. The predicted molar refractivity (Wildman–Crippen MR) is 66.0 cm³/mol. The molecule has 0 bridgehead atoms. The number of hydrogen-bond donors (Lipinski definition) is 2. The van der Waals surface area contributed by atoms with Crippen LogP contribution in [-0.4, -0.2) is 18.2 Å². The van der Waals surface area contributed by atoms with Crippen LogP contribution in [0.2, 0.25) is 0 Å². The van der Waals surface area contributed by atoms with Crippen LogP contribution in [0.5, 0.6) is 5.75 Å². The third-order valence-electron chi connectivity index (χ3n) is 2.89. The highest BCUT2D eigenvalue weighted by atomic mass is 16.5. The second kappa shape index (κ2) is 5.68. The van der Waals surface area contributed by atoms with Crippen molar-refractivity contribution in [1.29, 1.82) is 0 Å². The van der Waals surface area contributed by atoms with Gasteiger partial charge in [0.25, 0.3) is 0 Å². The Labute approximate surface area is 101 Å². The molecule has 0 aliphatic carbocycles. The summed E-state index contributed by atoms with van der Waals surface area (Å²) in [6, 6.07) is 7.01. The second-order valence-corrected chi connectivity index (χ2v) is 4.08. The minimum absolute atomic E-state index is 0.402. The van der Waals surface area contributed by atoms with Crippen LogP contribution in [0.1, 0.15) is 31.7 Å². The summed E-state index contributed by atoms with van der Waals surface area (Å²) in [5.74, 6) is -0.496. The quantitative estimate of drug-likeness (QED) is 0.795. The Morgan fingerprint density at radius 3 is 2.65 bits per heavy atom. The maximum atomic E-state index is 11.4. The lowest BCUT2D eigenvalue weighted by Gasteiger charge is -2.26. The van der Waals surface area contributed by atoms with Crippen LogP contribution in [-0.2, 0) is 10.3 Å². The lowest BCUT2D eigenvalue weighted by atomic mass is 9.85. The average Bonchev–Trinajstić information content (AvgIpc) is 2.35. The van der Waals surface area contributed by atoms with E-state index in [2.05, 4.69) is 0 Å². The number of carboxylic acids is 1. The Morgan fingerprint density at radius 2 is 2.12 bits per heavy atom. The van der Waals surface area contributed by atoms with Gasteiger partial charge < -0.3 is 15.6 Å². The smallest absolute Gasteiger partial charge is 0.328 e. The van der Waals surface area contributed by atoms with Gasteiger partial charge in [0.1, 0.15) is 11.3 Å². The van der Waals surface area contributed by atoms with Gasteiger partial charge in [-0.3, -0.25) is 0 Å². The zero-order chi connectivity index (χ0) is 12.9. The first kappa shape index (κ1) is 13.5. The van der Waals surface area contributed by atoms with Gasteiger partial charge in [-0.15, -0.1) is 0 Å². The molecule has 4 nitrogen and oxygen atoms in total. The first-order valence-corrected chi connectivity index (χ1v) is 5.72. The number of para-hydroxylation sites is 1. The minimum atomic E-state index is -1.37. The zero-order valence-electron chi connectivity index (χ0n) is 10.3. The molecule has 0 spiro atoms. The van der Waals surface area contributed by atoms with Gasteiger partial charge in [0, 0.05) is 5.56 Å². The molecule has 4 heteroatoms. The van der Waals surface area contributed by atoms with Gasteiger partial charge in [-0.1, -0.05) is 38.0 Å². The van der Waals surface area contributed by atoms with Gasteiger partial charge in [0.15, 0.2) is 0 Å². The second-order valence-electron chi connectivity index (χ2n) is 4.08. The summed E-state index contributed by atoms with van der Waals surface area (Å²) < 4.78 is 5.18. The third kappa shape index (κ3) is 2.77. The normalized spacial score (nSPS) is 14.1. The van der Waals surface area contributed by atoms with E-state index in [1.807, 2.05) is 6.92 Å². The molecule has 0 aromatic heterocycles. The summed E-state index contributed by atoms with van der Waals surface area (Å²) in [6.45, 7) is 2.00. The van der Waals surface area contributed by atoms with E-state index >= 15 is 0 Å². The fourth-order valence-electron chi connectivity index (χ4n) is 1.83. The van der Waals surface area contributed by atoms with E-state index < -0.39 is 11.5 Å². The standard InChI is InChI=1S/C13H19NO3/c1-3-4-9-13(14,12(15)16)10-7-5-6-8-11(10)17-2/h5-8H,3-4,9,14H2,1-2H3,(H,15,16). The highest BCUT2D eigenvalue weighted by molar-refractivity contribution is 5.81. The number of carbonyl (C=O) groups is 1. The molecule has 3 N–H and O–H groups in total. The molecule has 0 radical (unpaired) electrons. The number of nitrogens with two attached hydrogens (primary N) is 1. The van der Waals surface area contributed by atoms with Crippen LogP contribution < -0.4 is 10.5 Å². The lowest BCUT2D eigenvalue weighted by Crippen LogP contribution is -2.45. The molecule has 0 fully saturated rings. The van der Waals surface area contributed by atoms with Gasteiger partial charge in [0.05, 0.1) is 7.11 Å². The monoisotopic (exact) mass is 237 g/mol. The Morgan fingerprint density at radius 1 is 1.47 bits per heavy atom. The predicted octanol–water partition coefficient (Wildman–Crippen LogP) is 2.12. The molecule has 1 aromatic rings. The topological polar surface area (TPSA) is 72.6 Å². The van der Waals surface area contributed by atoms with Crippen molar-refractivity contribution in [3.8, 4) is 5.75 Å².